The molecule has 0 aromatic heterocycles. The number of hydrogen-bond donors (Lipinski definition) is 2. The van der Waals surface area contributed by atoms with Crippen LogP contribution in [0.2, 0.25) is 0 Å². The van der Waals surface area contributed by atoms with Crippen molar-refractivity contribution in [1.82, 2.24) is 5.32 Å². The first-order chi connectivity index (χ1) is 16.5. The van der Waals surface area contributed by atoms with E-state index in [1.54, 1.807) is 6.07 Å². The second-order valence-corrected chi connectivity index (χ2v) is 8.82. The van der Waals surface area contributed by atoms with Gasteiger partial charge in [-0.2, -0.15) is 0 Å². The Morgan fingerprint density at radius 3 is 2.68 bits per heavy atom. The molecule has 0 radical (unpaired) electrons. The van der Waals surface area contributed by atoms with Gasteiger partial charge < -0.3 is 20.1 Å². The van der Waals surface area contributed by atoms with Crippen molar-refractivity contribution in [2.75, 3.05) is 18.0 Å². The Kier molecular flexibility index (Phi) is 5.95. The minimum atomic E-state index is -0.914. The molecule has 0 saturated heterocycles. The second kappa shape index (κ2) is 9.20. The minimum Gasteiger partial charge on any atom is -0.485 e. The third kappa shape index (κ3) is 4.22. The Morgan fingerprint density at radius 1 is 1.06 bits per heavy atom. The molecule has 1 aliphatic rings. The standard InChI is InChI=1S/C29H28N2O3/c1-19-14-15-22(16-26(19)29(32)33)31-18-23(34-28-13-6-5-12-27(28)31)17-30-20(2)24-11-7-9-21-8-3-4-10-25(21)24/h3-16,20,23,30H,17-18H2,1-2H3,(H,32,33)/t20-,23?/m1/s1. The number of fused-ring (bicyclic) bond motifs is 2. The van der Waals surface area contributed by atoms with Crippen molar-refractivity contribution >= 4 is 28.1 Å². The van der Waals surface area contributed by atoms with E-state index in [4.69, 9.17) is 4.74 Å². The number of nitrogens with zero attached hydrogens (tertiary/aromatic N) is 1. The van der Waals surface area contributed by atoms with E-state index in [-0.39, 0.29) is 12.1 Å². The number of anilines is 2. The van der Waals surface area contributed by atoms with Crippen LogP contribution in [-0.2, 0) is 0 Å². The number of benzene rings is 4. The van der Waals surface area contributed by atoms with Gasteiger partial charge in [0.2, 0.25) is 0 Å². The van der Waals surface area contributed by atoms with E-state index in [0.29, 0.717) is 18.7 Å². The maximum Gasteiger partial charge on any atom is 0.336 e. The molecule has 0 aliphatic carbocycles. The molecular formula is C29H28N2O3. The third-order valence-electron chi connectivity index (χ3n) is 6.54. The first-order valence-corrected chi connectivity index (χ1v) is 11.6. The van der Waals surface area contributed by atoms with Crippen molar-refractivity contribution in [2.45, 2.75) is 26.0 Å². The van der Waals surface area contributed by atoms with Gasteiger partial charge in [0.25, 0.3) is 0 Å². The fourth-order valence-corrected chi connectivity index (χ4v) is 4.70. The summed E-state index contributed by atoms with van der Waals surface area (Å²) in [7, 11) is 0. The quantitative estimate of drug-likeness (QED) is 0.370. The van der Waals surface area contributed by atoms with Gasteiger partial charge in [0.15, 0.2) is 0 Å². The molecule has 34 heavy (non-hydrogen) atoms. The van der Waals surface area contributed by atoms with Gasteiger partial charge in [-0.25, -0.2) is 4.79 Å². The average molecular weight is 453 g/mol. The van der Waals surface area contributed by atoms with Crippen LogP contribution in [0.1, 0.15) is 34.5 Å². The molecule has 0 saturated carbocycles. The van der Waals surface area contributed by atoms with Gasteiger partial charge in [0.05, 0.1) is 17.8 Å². The summed E-state index contributed by atoms with van der Waals surface area (Å²) in [6.07, 6.45) is -0.0955. The third-order valence-corrected chi connectivity index (χ3v) is 6.54. The summed E-state index contributed by atoms with van der Waals surface area (Å²) >= 11 is 0. The molecule has 0 spiro atoms. The lowest BCUT2D eigenvalue weighted by Crippen LogP contribution is -2.44. The number of nitrogens with one attached hydrogen (secondary N) is 1. The number of aromatic carboxylic acids is 1. The zero-order chi connectivity index (χ0) is 23.7. The van der Waals surface area contributed by atoms with E-state index in [1.807, 2.05) is 43.3 Å². The first kappa shape index (κ1) is 22.0. The molecule has 5 heteroatoms. The van der Waals surface area contributed by atoms with Crippen molar-refractivity contribution in [3.05, 3.63) is 102 Å². The number of rotatable bonds is 6. The number of carboxylic acids is 1. The summed E-state index contributed by atoms with van der Waals surface area (Å²) in [6, 6.07) is 28.5. The molecule has 1 unspecified atom stereocenters. The van der Waals surface area contributed by atoms with Gasteiger partial charge in [0.1, 0.15) is 11.9 Å². The molecule has 1 heterocycles. The van der Waals surface area contributed by atoms with Crippen LogP contribution in [-0.4, -0.2) is 30.3 Å². The lowest BCUT2D eigenvalue weighted by atomic mass is 9.99. The summed E-state index contributed by atoms with van der Waals surface area (Å²) < 4.78 is 6.34. The van der Waals surface area contributed by atoms with Crippen molar-refractivity contribution < 1.29 is 14.6 Å². The number of ether oxygens (including phenoxy) is 1. The van der Waals surface area contributed by atoms with Crippen LogP contribution in [0.15, 0.2) is 84.9 Å². The molecule has 2 atom stereocenters. The molecule has 1 aliphatic heterocycles. The lowest BCUT2D eigenvalue weighted by Gasteiger charge is -2.37. The zero-order valence-corrected chi connectivity index (χ0v) is 19.4. The van der Waals surface area contributed by atoms with E-state index in [1.165, 1.54) is 16.3 Å². The molecule has 2 N–H and O–H groups in total. The molecular weight excluding hydrogens is 424 g/mol. The molecule has 5 nitrogen and oxygen atoms in total. The maximum absolute atomic E-state index is 11.7. The summed E-state index contributed by atoms with van der Waals surface area (Å²) in [5.41, 5.74) is 4.13. The first-order valence-electron chi connectivity index (χ1n) is 11.6. The number of hydrogen-bond acceptors (Lipinski definition) is 4. The Morgan fingerprint density at radius 2 is 1.82 bits per heavy atom. The predicted octanol–water partition coefficient (Wildman–Crippen LogP) is 6.10. The van der Waals surface area contributed by atoms with Crippen LogP contribution in [0.5, 0.6) is 5.75 Å². The highest BCUT2D eigenvalue weighted by Gasteiger charge is 2.27. The SMILES string of the molecule is Cc1ccc(N2CC(CN[C@H](C)c3cccc4ccccc34)Oc3ccccc32)cc1C(=O)O. The van der Waals surface area contributed by atoms with Gasteiger partial charge in [-0.15, -0.1) is 0 Å². The highest BCUT2D eigenvalue weighted by Crippen LogP contribution is 2.38. The Labute approximate surface area is 199 Å². The normalized spacial score (nSPS) is 16.1. The molecule has 4 aromatic carbocycles. The Hall–Kier alpha value is -3.83. The summed E-state index contributed by atoms with van der Waals surface area (Å²) in [6.45, 7) is 5.28. The van der Waals surface area contributed by atoms with E-state index in [9.17, 15) is 9.90 Å². The largest absolute Gasteiger partial charge is 0.485 e. The van der Waals surface area contributed by atoms with Gasteiger partial charge in [0, 0.05) is 18.3 Å². The summed E-state index contributed by atoms with van der Waals surface area (Å²) in [5, 5.41) is 15.8. The average Bonchev–Trinajstić information content (AvgIpc) is 2.86. The van der Waals surface area contributed by atoms with Crippen LogP contribution in [0.4, 0.5) is 11.4 Å². The fourth-order valence-electron chi connectivity index (χ4n) is 4.70. The summed E-state index contributed by atoms with van der Waals surface area (Å²) in [5.74, 6) is -0.112. The predicted molar refractivity (Wildman–Crippen MR) is 136 cm³/mol. The van der Waals surface area contributed by atoms with E-state index >= 15 is 0 Å². The smallest absolute Gasteiger partial charge is 0.336 e. The second-order valence-electron chi connectivity index (χ2n) is 8.82. The van der Waals surface area contributed by atoms with Gasteiger partial charge in [-0.3, -0.25) is 0 Å². The van der Waals surface area contributed by atoms with E-state index in [2.05, 4.69) is 59.6 Å². The molecule has 172 valence electrons. The number of carbonyl (C=O) groups is 1. The van der Waals surface area contributed by atoms with E-state index in [0.717, 1.165) is 22.7 Å². The monoisotopic (exact) mass is 452 g/mol. The fraction of sp³-hybridized carbons (Fsp3) is 0.207. The number of carboxylic acid groups (broad SMARTS) is 1. The van der Waals surface area contributed by atoms with Gasteiger partial charge >= 0.3 is 5.97 Å². The van der Waals surface area contributed by atoms with Crippen molar-refractivity contribution in [1.29, 1.82) is 0 Å². The van der Waals surface area contributed by atoms with Crippen LogP contribution < -0.4 is 15.0 Å². The number of para-hydroxylation sites is 2. The molecule has 0 bridgehead atoms. The molecule has 4 aromatic rings. The van der Waals surface area contributed by atoms with Gasteiger partial charge in [-0.1, -0.05) is 60.7 Å². The number of aryl methyl sites for hydroxylation is 1. The van der Waals surface area contributed by atoms with Crippen LogP contribution >= 0.6 is 0 Å². The van der Waals surface area contributed by atoms with Crippen molar-refractivity contribution in [2.24, 2.45) is 0 Å². The summed E-state index contributed by atoms with van der Waals surface area (Å²) in [4.78, 5) is 13.9. The van der Waals surface area contributed by atoms with Crippen molar-refractivity contribution in [3.63, 3.8) is 0 Å². The zero-order valence-electron chi connectivity index (χ0n) is 19.4. The molecule has 0 fully saturated rings. The Bertz CT molecular complexity index is 1350. The topological polar surface area (TPSA) is 61.8 Å². The Balaban J connectivity index is 1.39. The lowest BCUT2D eigenvalue weighted by molar-refractivity contribution is 0.0696. The van der Waals surface area contributed by atoms with Gasteiger partial charge in [-0.05, 0) is 60.0 Å². The molecule has 5 rings (SSSR count). The van der Waals surface area contributed by atoms with Crippen LogP contribution in [0.3, 0.4) is 0 Å². The van der Waals surface area contributed by atoms with Crippen LogP contribution in [0, 0.1) is 6.92 Å². The van der Waals surface area contributed by atoms with Crippen LogP contribution in [0.25, 0.3) is 10.8 Å². The molecule has 0 amide bonds. The maximum atomic E-state index is 11.7. The van der Waals surface area contributed by atoms with Crippen molar-refractivity contribution in [3.8, 4) is 5.75 Å². The highest BCUT2D eigenvalue weighted by atomic mass is 16.5. The minimum absolute atomic E-state index is 0.0955. The highest BCUT2D eigenvalue weighted by molar-refractivity contribution is 5.91. The van der Waals surface area contributed by atoms with E-state index < -0.39 is 5.97 Å².